The minimum absolute atomic E-state index is 0.181. The van der Waals surface area contributed by atoms with Crippen LogP contribution < -0.4 is 0 Å². The van der Waals surface area contributed by atoms with E-state index in [1.165, 1.54) is 0 Å². The highest BCUT2D eigenvalue weighted by molar-refractivity contribution is 6.61. The Hall–Kier alpha value is -1.11. The maximum atomic E-state index is 12.8. The first kappa shape index (κ1) is 21.2. The highest BCUT2D eigenvalue weighted by Gasteiger charge is 2.54. The number of halogens is 1. The molecule has 7 heteroatoms. The number of carbonyl (C=O) groups excluding carboxylic acids is 2. The van der Waals surface area contributed by atoms with Gasteiger partial charge >= 0.3 is 11.4 Å². The molecule has 0 unspecified atom stereocenters. The summed E-state index contributed by atoms with van der Waals surface area (Å²) in [6.07, 6.45) is 1.54. The lowest BCUT2D eigenvalue weighted by molar-refractivity contribution is -0.197. The zero-order valence-electron chi connectivity index (χ0n) is 16.3. The van der Waals surface area contributed by atoms with Gasteiger partial charge in [-0.05, 0) is 41.0 Å². The molecule has 0 amide bonds. The van der Waals surface area contributed by atoms with Gasteiger partial charge in [0.05, 0.1) is 12.7 Å². The van der Waals surface area contributed by atoms with Crippen LogP contribution in [-0.2, 0) is 23.7 Å². The van der Waals surface area contributed by atoms with E-state index >= 15 is 0 Å². The number of carbonyl (C=O) groups is 2. The van der Waals surface area contributed by atoms with Gasteiger partial charge in [0, 0.05) is 23.9 Å². The quantitative estimate of drug-likeness (QED) is 0.399. The molecular formula is C19H29ClO6. The maximum absolute atomic E-state index is 12.8. The standard InChI is InChI=1S/C19H29ClO6/c1-11(2)7-8-19(6)15(25-17(20)22)12(3)14(24-16(19)21)9-13-10-23-18(4,5)26-13/h7,12-15H,8-10H2,1-6H3/t12-,13+,14-,15+,19+/m1/s1. The van der Waals surface area contributed by atoms with E-state index in [4.69, 9.17) is 30.5 Å². The molecule has 148 valence electrons. The van der Waals surface area contributed by atoms with Crippen molar-refractivity contribution < 1.29 is 28.5 Å². The van der Waals surface area contributed by atoms with E-state index in [2.05, 4.69) is 0 Å². The van der Waals surface area contributed by atoms with Gasteiger partial charge in [0.25, 0.3) is 0 Å². The molecule has 0 bridgehead atoms. The van der Waals surface area contributed by atoms with E-state index in [-0.39, 0.29) is 18.0 Å². The highest BCUT2D eigenvalue weighted by atomic mass is 35.5. The molecule has 5 atom stereocenters. The second-order valence-electron chi connectivity index (χ2n) is 8.17. The van der Waals surface area contributed by atoms with Crippen molar-refractivity contribution in [3.05, 3.63) is 11.6 Å². The Morgan fingerprint density at radius 2 is 2.00 bits per heavy atom. The van der Waals surface area contributed by atoms with Crippen LogP contribution in [0.3, 0.4) is 0 Å². The predicted octanol–water partition coefficient (Wildman–Crippen LogP) is 4.20. The lowest BCUT2D eigenvalue weighted by Crippen LogP contribution is -2.56. The Bertz CT molecular complexity index is 583. The highest BCUT2D eigenvalue weighted by Crippen LogP contribution is 2.43. The van der Waals surface area contributed by atoms with Crippen LogP contribution in [0, 0.1) is 11.3 Å². The molecule has 0 aromatic carbocycles. The number of esters is 1. The van der Waals surface area contributed by atoms with Gasteiger partial charge in [-0.3, -0.25) is 4.79 Å². The molecule has 0 aromatic heterocycles. The molecule has 6 nitrogen and oxygen atoms in total. The Labute approximate surface area is 160 Å². The van der Waals surface area contributed by atoms with Crippen LogP contribution in [-0.4, -0.2) is 42.1 Å². The average molecular weight is 389 g/mol. The Morgan fingerprint density at radius 3 is 2.50 bits per heavy atom. The van der Waals surface area contributed by atoms with Crippen molar-refractivity contribution in [3.63, 3.8) is 0 Å². The van der Waals surface area contributed by atoms with Crippen LogP contribution in [0.1, 0.15) is 54.4 Å². The van der Waals surface area contributed by atoms with Crippen LogP contribution in [0.5, 0.6) is 0 Å². The molecule has 0 N–H and O–H groups in total. The van der Waals surface area contributed by atoms with Gasteiger partial charge in [-0.15, -0.1) is 0 Å². The third-order valence-electron chi connectivity index (χ3n) is 5.13. The van der Waals surface area contributed by atoms with Gasteiger partial charge in [0.2, 0.25) is 0 Å². The summed E-state index contributed by atoms with van der Waals surface area (Å²) in [5, 5.41) is 0. The molecule has 2 rings (SSSR count). The summed E-state index contributed by atoms with van der Waals surface area (Å²) in [5.41, 5.74) is -0.826. The monoisotopic (exact) mass is 388 g/mol. The SMILES string of the molecule is CC(C)=CC[C@]1(C)C(=O)O[C@H](C[C@H]2COC(C)(C)O2)[C@@H](C)[C@@H]1OC(=O)Cl. The van der Waals surface area contributed by atoms with Crippen LogP contribution >= 0.6 is 11.6 Å². The molecule has 0 radical (unpaired) electrons. The van der Waals surface area contributed by atoms with Crippen molar-refractivity contribution in [3.8, 4) is 0 Å². The van der Waals surface area contributed by atoms with E-state index in [0.29, 0.717) is 19.4 Å². The second-order valence-corrected chi connectivity index (χ2v) is 8.48. The minimum Gasteiger partial charge on any atom is -0.461 e. The molecule has 2 heterocycles. The van der Waals surface area contributed by atoms with Gasteiger partial charge in [-0.2, -0.15) is 0 Å². The number of hydrogen-bond donors (Lipinski definition) is 0. The molecule has 2 saturated heterocycles. The van der Waals surface area contributed by atoms with Crippen molar-refractivity contribution >= 4 is 23.0 Å². The summed E-state index contributed by atoms with van der Waals surface area (Å²) in [5.74, 6) is -1.26. The molecule has 0 saturated carbocycles. The van der Waals surface area contributed by atoms with Crippen molar-refractivity contribution in [2.24, 2.45) is 11.3 Å². The van der Waals surface area contributed by atoms with Crippen LogP contribution in [0.25, 0.3) is 0 Å². The molecule has 0 spiro atoms. The van der Waals surface area contributed by atoms with E-state index in [1.807, 2.05) is 40.7 Å². The maximum Gasteiger partial charge on any atom is 0.404 e. The molecule has 2 aliphatic rings. The normalized spacial score (nSPS) is 36.3. The van der Waals surface area contributed by atoms with E-state index in [1.54, 1.807) is 6.92 Å². The largest absolute Gasteiger partial charge is 0.461 e. The molecule has 0 aliphatic carbocycles. The fourth-order valence-electron chi connectivity index (χ4n) is 3.62. The van der Waals surface area contributed by atoms with E-state index in [0.717, 1.165) is 5.57 Å². The van der Waals surface area contributed by atoms with Gasteiger partial charge in [-0.1, -0.05) is 18.6 Å². The first-order valence-electron chi connectivity index (χ1n) is 8.97. The van der Waals surface area contributed by atoms with Crippen molar-refractivity contribution in [1.82, 2.24) is 0 Å². The topological polar surface area (TPSA) is 71.1 Å². The average Bonchev–Trinajstić information content (AvgIpc) is 2.86. The molecule has 0 aromatic rings. The minimum atomic E-state index is -0.982. The summed E-state index contributed by atoms with van der Waals surface area (Å²) >= 11 is 5.50. The number of allylic oxidation sites excluding steroid dienone is 2. The fraction of sp³-hybridized carbons (Fsp3) is 0.789. The smallest absolute Gasteiger partial charge is 0.404 e. The van der Waals surface area contributed by atoms with Crippen molar-refractivity contribution in [1.29, 1.82) is 0 Å². The van der Waals surface area contributed by atoms with Gasteiger partial charge in [0.15, 0.2) is 5.79 Å². The van der Waals surface area contributed by atoms with Crippen LogP contribution in [0.2, 0.25) is 0 Å². The van der Waals surface area contributed by atoms with Gasteiger partial charge in [-0.25, -0.2) is 4.79 Å². The predicted molar refractivity (Wildman–Crippen MR) is 96.8 cm³/mol. The van der Waals surface area contributed by atoms with Crippen molar-refractivity contribution in [2.45, 2.75) is 78.5 Å². The zero-order chi connectivity index (χ0) is 19.7. The molecule has 26 heavy (non-hydrogen) atoms. The fourth-order valence-corrected chi connectivity index (χ4v) is 3.72. The number of ether oxygens (including phenoxy) is 4. The van der Waals surface area contributed by atoms with Gasteiger partial charge < -0.3 is 18.9 Å². The number of cyclic esters (lactones) is 1. The third kappa shape index (κ3) is 4.78. The lowest BCUT2D eigenvalue weighted by Gasteiger charge is -2.45. The summed E-state index contributed by atoms with van der Waals surface area (Å²) in [6, 6.07) is 0. The van der Waals surface area contributed by atoms with E-state index in [9.17, 15) is 9.59 Å². The summed E-state index contributed by atoms with van der Waals surface area (Å²) in [6.45, 7) is 11.7. The summed E-state index contributed by atoms with van der Waals surface area (Å²) in [7, 11) is 0. The first-order chi connectivity index (χ1) is 11.9. The zero-order valence-corrected chi connectivity index (χ0v) is 17.1. The molecular weight excluding hydrogens is 360 g/mol. The lowest BCUT2D eigenvalue weighted by atomic mass is 9.71. The molecule has 2 fully saturated rings. The van der Waals surface area contributed by atoms with Crippen LogP contribution in [0.4, 0.5) is 4.79 Å². The third-order valence-corrected chi connectivity index (χ3v) is 5.22. The number of hydrogen-bond acceptors (Lipinski definition) is 6. The Balaban J connectivity index is 2.20. The number of rotatable bonds is 5. The van der Waals surface area contributed by atoms with Crippen LogP contribution in [0.15, 0.2) is 11.6 Å². The Morgan fingerprint density at radius 1 is 1.35 bits per heavy atom. The first-order valence-corrected chi connectivity index (χ1v) is 9.35. The second kappa shape index (κ2) is 7.87. The Kier molecular flexibility index (Phi) is 6.41. The van der Waals surface area contributed by atoms with Crippen molar-refractivity contribution in [2.75, 3.05) is 6.61 Å². The summed E-state index contributed by atoms with van der Waals surface area (Å²) < 4.78 is 22.5. The van der Waals surface area contributed by atoms with E-state index < -0.39 is 28.8 Å². The summed E-state index contributed by atoms with van der Waals surface area (Å²) in [4.78, 5) is 24.3. The van der Waals surface area contributed by atoms with Gasteiger partial charge in [0.1, 0.15) is 17.6 Å². The molecule has 2 aliphatic heterocycles.